The molecule has 0 radical (unpaired) electrons. The van der Waals surface area contributed by atoms with Gasteiger partial charge in [-0.3, -0.25) is 4.57 Å². The van der Waals surface area contributed by atoms with E-state index in [1.54, 1.807) is 12.1 Å². The molecule has 0 aliphatic rings. The van der Waals surface area contributed by atoms with Crippen molar-refractivity contribution in [2.75, 3.05) is 0 Å². The van der Waals surface area contributed by atoms with Crippen molar-refractivity contribution >= 4 is 75.1 Å². The van der Waals surface area contributed by atoms with Crippen molar-refractivity contribution < 1.29 is 0 Å². The van der Waals surface area contributed by atoms with Crippen LogP contribution >= 0.6 is 11.3 Å². The van der Waals surface area contributed by atoms with Crippen LogP contribution < -0.4 is 0 Å². The molecule has 0 N–H and O–H groups in total. The lowest BCUT2D eigenvalue weighted by Crippen LogP contribution is -2.06. The second-order valence-corrected chi connectivity index (χ2v) is 14.2. The molecule has 0 amide bonds. The molecule has 11 aromatic rings. The predicted octanol–water partition coefficient (Wildman–Crippen LogP) is 11.6. The summed E-state index contributed by atoms with van der Waals surface area (Å²) in [7, 11) is 0. The van der Waals surface area contributed by atoms with Crippen LogP contribution in [0.4, 0.5) is 0 Å². The molecule has 7 aromatic carbocycles. The number of rotatable bonds is 4. The van der Waals surface area contributed by atoms with Gasteiger partial charge in [0, 0.05) is 53.8 Å². The van der Waals surface area contributed by atoms with Gasteiger partial charge < -0.3 is 4.57 Å². The summed E-state index contributed by atoms with van der Waals surface area (Å²) in [5, 5.41) is 16.6. The molecule has 53 heavy (non-hydrogen) atoms. The quantitative estimate of drug-likeness (QED) is 0.184. The zero-order valence-corrected chi connectivity index (χ0v) is 28.9. The number of nitriles is 1. The number of para-hydroxylation sites is 3. The Balaban J connectivity index is 1.37. The molecule has 0 unspecified atom stereocenters. The standard InChI is InChI=1S/C46H26N6S/c47-27-28-23-25-30(26-24-28)45-48-44(29-13-3-1-4-14-29)49-46(50-45)52-36-21-11-8-18-33(36)39-38-32-17-7-10-20-35(32)51(31-15-5-2-6-16-31)41(38)40-34-19-9-12-22-37(34)53-43(40)42(39)52/h1-26H. The van der Waals surface area contributed by atoms with Crippen molar-refractivity contribution in [3.8, 4) is 40.5 Å². The number of nitrogens with zero attached hydrogens (tertiary/aromatic N) is 6. The van der Waals surface area contributed by atoms with Gasteiger partial charge in [0.2, 0.25) is 5.95 Å². The molecule has 7 heteroatoms. The van der Waals surface area contributed by atoms with E-state index in [1.165, 1.54) is 41.8 Å². The summed E-state index contributed by atoms with van der Waals surface area (Å²) < 4.78 is 7.08. The van der Waals surface area contributed by atoms with Crippen LogP contribution in [0.1, 0.15) is 5.56 Å². The smallest absolute Gasteiger partial charge is 0.238 e. The van der Waals surface area contributed by atoms with Crippen molar-refractivity contribution in [2.24, 2.45) is 0 Å². The minimum absolute atomic E-state index is 0.536. The van der Waals surface area contributed by atoms with Crippen LogP contribution in [0.3, 0.4) is 0 Å². The van der Waals surface area contributed by atoms with E-state index in [0.717, 1.165) is 38.8 Å². The third kappa shape index (κ3) is 4.34. The molecule has 11 rings (SSSR count). The Labute approximate surface area is 307 Å². The van der Waals surface area contributed by atoms with Crippen LogP contribution in [0.2, 0.25) is 0 Å². The topological polar surface area (TPSA) is 72.3 Å². The van der Waals surface area contributed by atoms with E-state index < -0.39 is 0 Å². The number of hydrogen-bond acceptors (Lipinski definition) is 5. The van der Waals surface area contributed by atoms with Crippen molar-refractivity contribution in [1.29, 1.82) is 5.26 Å². The van der Waals surface area contributed by atoms with Crippen LogP contribution in [-0.4, -0.2) is 24.1 Å². The van der Waals surface area contributed by atoms with E-state index in [0.29, 0.717) is 23.2 Å². The molecule has 0 saturated heterocycles. The first kappa shape index (κ1) is 29.6. The Bertz CT molecular complexity index is 3280. The molecule has 0 saturated carbocycles. The molecule has 4 heterocycles. The lowest BCUT2D eigenvalue weighted by atomic mass is 10.0. The summed E-state index contributed by atoms with van der Waals surface area (Å²) in [5.41, 5.74) is 7.85. The lowest BCUT2D eigenvalue weighted by Gasteiger charge is -2.12. The minimum Gasteiger partial charge on any atom is -0.309 e. The maximum absolute atomic E-state index is 9.51. The Morgan fingerprint density at radius 2 is 1.02 bits per heavy atom. The fourth-order valence-corrected chi connectivity index (χ4v) is 9.19. The Morgan fingerprint density at radius 1 is 0.472 bits per heavy atom. The van der Waals surface area contributed by atoms with Gasteiger partial charge in [0.15, 0.2) is 11.6 Å². The third-order valence-electron chi connectivity index (χ3n) is 10.2. The predicted molar refractivity (Wildman–Crippen MR) is 217 cm³/mol. The van der Waals surface area contributed by atoms with Gasteiger partial charge in [-0.1, -0.05) is 103 Å². The van der Waals surface area contributed by atoms with Crippen LogP contribution in [0.25, 0.3) is 98.2 Å². The van der Waals surface area contributed by atoms with Gasteiger partial charge in [-0.2, -0.15) is 15.2 Å². The summed E-state index contributed by atoms with van der Waals surface area (Å²) in [6, 6.07) is 56.5. The first-order valence-electron chi connectivity index (χ1n) is 17.4. The molecule has 4 aromatic heterocycles. The molecule has 0 aliphatic carbocycles. The highest BCUT2D eigenvalue weighted by atomic mass is 32.1. The fraction of sp³-hybridized carbons (Fsp3) is 0. The molecule has 0 atom stereocenters. The van der Waals surface area contributed by atoms with Gasteiger partial charge in [-0.05, 0) is 54.6 Å². The zero-order chi connectivity index (χ0) is 35.0. The Morgan fingerprint density at radius 3 is 1.70 bits per heavy atom. The van der Waals surface area contributed by atoms with E-state index in [-0.39, 0.29) is 0 Å². The van der Waals surface area contributed by atoms with Crippen LogP contribution in [-0.2, 0) is 0 Å². The van der Waals surface area contributed by atoms with Crippen molar-refractivity contribution in [1.82, 2.24) is 24.1 Å². The maximum atomic E-state index is 9.51. The van der Waals surface area contributed by atoms with E-state index in [2.05, 4.69) is 118 Å². The van der Waals surface area contributed by atoms with E-state index >= 15 is 0 Å². The first-order valence-corrected chi connectivity index (χ1v) is 18.3. The largest absolute Gasteiger partial charge is 0.309 e. The second kappa shape index (κ2) is 11.4. The normalized spacial score (nSPS) is 11.8. The first-order chi connectivity index (χ1) is 26.3. The molecule has 6 nitrogen and oxygen atoms in total. The number of fused-ring (bicyclic) bond motifs is 12. The Hall–Kier alpha value is -7.14. The van der Waals surface area contributed by atoms with Crippen LogP contribution in [0.5, 0.6) is 0 Å². The number of benzene rings is 7. The third-order valence-corrected chi connectivity index (χ3v) is 11.4. The van der Waals surface area contributed by atoms with E-state index in [4.69, 9.17) is 15.0 Å². The average Bonchev–Trinajstić information content (AvgIpc) is 3.89. The summed E-state index contributed by atoms with van der Waals surface area (Å²) in [4.78, 5) is 15.5. The van der Waals surface area contributed by atoms with Gasteiger partial charge in [0.25, 0.3) is 0 Å². The number of thiophene rings is 1. The summed E-state index contributed by atoms with van der Waals surface area (Å²) in [5.74, 6) is 1.66. The molecular weight excluding hydrogens is 669 g/mol. The van der Waals surface area contributed by atoms with Gasteiger partial charge in [0.1, 0.15) is 0 Å². The summed E-state index contributed by atoms with van der Waals surface area (Å²) in [6.07, 6.45) is 0. The van der Waals surface area contributed by atoms with Gasteiger partial charge in [-0.25, -0.2) is 4.98 Å². The summed E-state index contributed by atoms with van der Waals surface area (Å²) >= 11 is 1.81. The number of aromatic nitrogens is 5. The van der Waals surface area contributed by atoms with Crippen molar-refractivity contribution in [2.45, 2.75) is 0 Å². The second-order valence-electron chi connectivity index (χ2n) is 13.1. The Kier molecular flexibility index (Phi) is 6.38. The van der Waals surface area contributed by atoms with E-state index in [1.807, 2.05) is 53.8 Å². The highest BCUT2D eigenvalue weighted by molar-refractivity contribution is 7.27. The number of hydrogen-bond donors (Lipinski definition) is 0. The SMILES string of the molecule is N#Cc1ccc(-c2nc(-c3ccccc3)nc(-n3c4ccccc4c4c5c6ccccc6n(-c6ccccc6)c5c5c6ccccc6sc5c43)n2)cc1. The van der Waals surface area contributed by atoms with E-state index in [9.17, 15) is 5.26 Å². The average molecular weight is 695 g/mol. The molecule has 246 valence electrons. The monoisotopic (exact) mass is 694 g/mol. The molecular formula is C46H26N6S. The minimum atomic E-state index is 0.536. The molecule has 0 bridgehead atoms. The van der Waals surface area contributed by atoms with Crippen LogP contribution in [0, 0.1) is 11.3 Å². The lowest BCUT2D eigenvalue weighted by molar-refractivity contribution is 0.955. The highest BCUT2D eigenvalue weighted by Gasteiger charge is 2.27. The molecule has 0 spiro atoms. The summed E-state index contributed by atoms with van der Waals surface area (Å²) in [6.45, 7) is 0. The van der Waals surface area contributed by atoms with Gasteiger partial charge >= 0.3 is 0 Å². The highest BCUT2D eigenvalue weighted by Crippen LogP contribution is 2.51. The van der Waals surface area contributed by atoms with Crippen LogP contribution in [0.15, 0.2) is 158 Å². The zero-order valence-electron chi connectivity index (χ0n) is 28.1. The molecule has 0 fully saturated rings. The fourth-order valence-electron chi connectivity index (χ4n) is 7.94. The van der Waals surface area contributed by atoms with Gasteiger partial charge in [0.05, 0.1) is 38.4 Å². The van der Waals surface area contributed by atoms with Crippen molar-refractivity contribution in [3.05, 3.63) is 163 Å². The van der Waals surface area contributed by atoms with Crippen molar-refractivity contribution in [3.63, 3.8) is 0 Å². The maximum Gasteiger partial charge on any atom is 0.238 e. The molecule has 0 aliphatic heterocycles. The van der Waals surface area contributed by atoms with Gasteiger partial charge in [-0.15, -0.1) is 11.3 Å².